The molecule has 0 saturated heterocycles. The van der Waals surface area contributed by atoms with Gasteiger partial charge >= 0.3 is 0 Å². The molecule has 0 fully saturated rings. The highest BCUT2D eigenvalue weighted by molar-refractivity contribution is 5.72. The summed E-state index contributed by atoms with van der Waals surface area (Å²) >= 11 is 0. The van der Waals surface area contributed by atoms with Crippen molar-refractivity contribution in [3.63, 3.8) is 0 Å². The molecular formula is C14H19N3O. The van der Waals surface area contributed by atoms with E-state index in [1.807, 2.05) is 42.1 Å². The van der Waals surface area contributed by atoms with Gasteiger partial charge in [-0.2, -0.15) is 5.10 Å². The van der Waals surface area contributed by atoms with Gasteiger partial charge in [0.25, 0.3) is 0 Å². The molecule has 2 aromatic rings. The Balaban J connectivity index is 2.24. The van der Waals surface area contributed by atoms with E-state index in [0.717, 1.165) is 30.0 Å². The lowest BCUT2D eigenvalue weighted by Gasteiger charge is -2.03. The van der Waals surface area contributed by atoms with E-state index in [2.05, 4.69) is 12.0 Å². The van der Waals surface area contributed by atoms with Gasteiger partial charge in [0.15, 0.2) is 0 Å². The Labute approximate surface area is 107 Å². The second-order valence-corrected chi connectivity index (χ2v) is 4.15. The van der Waals surface area contributed by atoms with Crippen LogP contribution in [0.3, 0.4) is 0 Å². The molecular weight excluding hydrogens is 226 g/mol. The van der Waals surface area contributed by atoms with E-state index in [9.17, 15) is 0 Å². The second kappa shape index (κ2) is 5.58. The molecule has 0 amide bonds. The Morgan fingerprint density at radius 1 is 1.22 bits per heavy atom. The molecule has 0 saturated carbocycles. The van der Waals surface area contributed by atoms with Gasteiger partial charge in [0.1, 0.15) is 11.4 Å². The minimum atomic E-state index is 0.673. The Kier molecular flexibility index (Phi) is 3.87. The number of hydrogen-bond donors (Lipinski definition) is 1. The van der Waals surface area contributed by atoms with Crippen LogP contribution in [0.1, 0.15) is 20.3 Å². The van der Waals surface area contributed by atoms with Crippen molar-refractivity contribution in [2.75, 3.05) is 12.3 Å². The van der Waals surface area contributed by atoms with E-state index in [0.29, 0.717) is 12.3 Å². The molecule has 4 heteroatoms. The van der Waals surface area contributed by atoms with Crippen molar-refractivity contribution in [3.8, 4) is 17.0 Å². The highest BCUT2D eigenvalue weighted by Gasteiger charge is 2.08. The molecule has 0 radical (unpaired) electrons. The van der Waals surface area contributed by atoms with Crippen LogP contribution in [0.25, 0.3) is 11.3 Å². The zero-order chi connectivity index (χ0) is 13.0. The molecule has 0 aliphatic carbocycles. The molecule has 1 heterocycles. The van der Waals surface area contributed by atoms with Gasteiger partial charge in [-0.25, -0.2) is 0 Å². The largest absolute Gasteiger partial charge is 0.494 e. The first-order valence-electron chi connectivity index (χ1n) is 6.30. The zero-order valence-electron chi connectivity index (χ0n) is 10.9. The highest BCUT2D eigenvalue weighted by atomic mass is 16.5. The lowest BCUT2D eigenvalue weighted by Crippen LogP contribution is -1.96. The van der Waals surface area contributed by atoms with Crippen molar-refractivity contribution < 1.29 is 4.74 Å². The number of hydrogen-bond acceptors (Lipinski definition) is 3. The van der Waals surface area contributed by atoms with E-state index in [1.54, 1.807) is 0 Å². The van der Waals surface area contributed by atoms with Gasteiger partial charge in [-0.1, -0.05) is 6.92 Å². The smallest absolute Gasteiger partial charge is 0.119 e. The summed E-state index contributed by atoms with van der Waals surface area (Å²) in [4.78, 5) is 0. The third-order valence-corrected chi connectivity index (χ3v) is 2.68. The minimum Gasteiger partial charge on any atom is -0.494 e. The molecule has 2 N–H and O–H groups in total. The van der Waals surface area contributed by atoms with Gasteiger partial charge in [-0.15, -0.1) is 0 Å². The summed E-state index contributed by atoms with van der Waals surface area (Å²) in [5, 5.41) is 4.50. The molecule has 18 heavy (non-hydrogen) atoms. The van der Waals surface area contributed by atoms with Crippen molar-refractivity contribution in [3.05, 3.63) is 30.5 Å². The summed E-state index contributed by atoms with van der Waals surface area (Å²) < 4.78 is 7.30. The SMILES string of the molecule is CCCn1cc(N)c(-c2ccc(OCC)cc2)n1. The topological polar surface area (TPSA) is 53.1 Å². The second-order valence-electron chi connectivity index (χ2n) is 4.15. The van der Waals surface area contributed by atoms with Gasteiger partial charge < -0.3 is 10.5 Å². The number of nitrogens with zero attached hydrogens (tertiary/aromatic N) is 2. The van der Waals surface area contributed by atoms with E-state index < -0.39 is 0 Å². The average molecular weight is 245 g/mol. The van der Waals surface area contributed by atoms with Crippen LogP contribution >= 0.6 is 0 Å². The predicted molar refractivity (Wildman–Crippen MR) is 73.5 cm³/mol. The van der Waals surface area contributed by atoms with Crippen molar-refractivity contribution >= 4 is 5.69 Å². The number of nitrogen functional groups attached to an aromatic ring is 1. The quantitative estimate of drug-likeness (QED) is 0.881. The van der Waals surface area contributed by atoms with Crippen LogP contribution in [0.15, 0.2) is 30.5 Å². The normalized spacial score (nSPS) is 10.6. The van der Waals surface area contributed by atoms with Crippen LogP contribution in [-0.2, 0) is 6.54 Å². The first-order chi connectivity index (χ1) is 8.74. The highest BCUT2D eigenvalue weighted by Crippen LogP contribution is 2.26. The van der Waals surface area contributed by atoms with Crippen LogP contribution < -0.4 is 10.5 Å². The maximum absolute atomic E-state index is 5.99. The number of rotatable bonds is 5. The summed E-state index contributed by atoms with van der Waals surface area (Å²) in [6.45, 7) is 5.65. The Bertz CT molecular complexity index is 502. The fourth-order valence-corrected chi connectivity index (χ4v) is 1.88. The summed E-state index contributed by atoms with van der Waals surface area (Å²) in [7, 11) is 0. The zero-order valence-corrected chi connectivity index (χ0v) is 10.9. The van der Waals surface area contributed by atoms with E-state index in [4.69, 9.17) is 10.5 Å². The molecule has 0 spiro atoms. The fourth-order valence-electron chi connectivity index (χ4n) is 1.88. The van der Waals surface area contributed by atoms with Crippen LogP contribution in [0, 0.1) is 0 Å². The minimum absolute atomic E-state index is 0.673. The first kappa shape index (κ1) is 12.5. The maximum Gasteiger partial charge on any atom is 0.119 e. The van der Waals surface area contributed by atoms with Crippen molar-refractivity contribution in [1.29, 1.82) is 0 Å². The van der Waals surface area contributed by atoms with Crippen LogP contribution in [0.2, 0.25) is 0 Å². The number of nitrogens with two attached hydrogens (primary N) is 1. The van der Waals surface area contributed by atoms with E-state index in [-0.39, 0.29) is 0 Å². The third kappa shape index (κ3) is 2.64. The van der Waals surface area contributed by atoms with Crippen LogP contribution in [-0.4, -0.2) is 16.4 Å². The Morgan fingerprint density at radius 2 is 1.94 bits per heavy atom. The molecule has 0 unspecified atom stereocenters. The monoisotopic (exact) mass is 245 g/mol. The average Bonchev–Trinajstić information content (AvgIpc) is 2.72. The van der Waals surface area contributed by atoms with Crippen LogP contribution in [0.4, 0.5) is 5.69 Å². The Morgan fingerprint density at radius 3 is 2.56 bits per heavy atom. The van der Waals surface area contributed by atoms with E-state index in [1.165, 1.54) is 0 Å². The number of anilines is 1. The summed E-state index contributed by atoms with van der Waals surface area (Å²) in [5.41, 5.74) is 8.56. The fraction of sp³-hybridized carbons (Fsp3) is 0.357. The van der Waals surface area contributed by atoms with Crippen molar-refractivity contribution in [2.24, 2.45) is 0 Å². The maximum atomic E-state index is 5.99. The lowest BCUT2D eigenvalue weighted by atomic mass is 10.1. The number of aryl methyl sites for hydroxylation is 1. The van der Waals surface area contributed by atoms with Crippen molar-refractivity contribution in [1.82, 2.24) is 9.78 Å². The van der Waals surface area contributed by atoms with E-state index >= 15 is 0 Å². The molecule has 0 aliphatic rings. The molecule has 0 bridgehead atoms. The van der Waals surface area contributed by atoms with Gasteiger partial charge in [0.2, 0.25) is 0 Å². The molecule has 2 rings (SSSR count). The lowest BCUT2D eigenvalue weighted by molar-refractivity contribution is 0.340. The number of aromatic nitrogens is 2. The Hall–Kier alpha value is -1.97. The van der Waals surface area contributed by atoms with Gasteiger partial charge in [-0.05, 0) is 37.6 Å². The molecule has 96 valence electrons. The molecule has 0 aliphatic heterocycles. The molecule has 4 nitrogen and oxygen atoms in total. The molecule has 1 aromatic carbocycles. The van der Waals surface area contributed by atoms with Crippen molar-refractivity contribution in [2.45, 2.75) is 26.8 Å². The van der Waals surface area contributed by atoms with Crippen LogP contribution in [0.5, 0.6) is 5.75 Å². The van der Waals surface area contributed by atoms with Gasteiger partial charge in [0.05, 0.1) is 12.3 Å². The third-order valence-electron chi connectivity index (χ3n) is 2.68. The number of ether oxygens (including phenoxy) is 1. The summed E-state index contributed by atoms with van der Waals surface area (Å²) in [5.74, 6) is 0.868. The molecule has 1 aromatic heterocycles. The first-order valence-corrected chi connectivity index (χ1v) is 6.30. The molecule has 0 atom stereocenters. The number of benzene rings is 1. The summed E-state index contributed by atoms with van der Waals surface area (Å²) in [6, 6.07) is 7.86. The summed E-state index contributed by atoms with van der Waals surface area (Å²) in [6.07, 6.45) is 2.93. The van der Waals surface area contributed by atoms with Gasteiger partial charge in [0, 0.05) is 18.3 Å². The standard InChI is InChI=1S/C14H19N3O/c1-3-9-17-10-13(15)14(16-17)11-5-7-12(8-6-11)18-4-2/h5-8,10H,3-4,9,15H2,1-2H3. The predicted octanol–water partition coefficient (Wildman–Crippen LogP) is 2.94. The van der Waals surface area contributed by atoms with Gasteiger partial charge in [-0.3, -0.25) is 4.68 Å².